The number of benzene rings is 1. The summed E-state index contributed by atoms with van der Waals surface area (Å²) in [5.74, 6) is 0. The van der Waals surface area contributed by atoms with Gasteiger partial charge in [-0.15, -0.1) is 11.3 Å². The van der Waals surface area contributed by atoms with Gasteiger partial charge in [0, 0.05) is 11.3 Å². The van der Waals surface area contributed by atoms with Crippen LogP contribution in [0.5, 0.6) is 0 Å². The molecule has 0 aliphatic heterocycles. The van der Waals surface area contributed by atoms with Crippen LogP contribution >= 0.6 is 11.3 Å². The fraction of sp³-hybridized carbons (Fsp3) is 0.154. The molecule has 0 saturated carbocycles. The first-order chi connectivity index (χ1) is 7.59. The first kappa shape index (κ1) is 10.9. The van der Waals surface area contributed by atoms with Gasteiger partial charge in [0.25, 0.3) is 0 Å². The molecule has 0 aliphatic rings. The van der Waals surface area contributed by atoms with E-state index in [0.29, 0.717) is 0 Å². The average molecular weight is 230 g/mol. The molecule has 1 aromatic carbocycles. The number of nitrogens with zero attached hydrogens (tertiary/aromatic N) is 1. The van der Waals surface area contributed by atoms with Crippen molar-refractivity contribution in [2.75, 3.05) is 0 Å². The molecule has 3 heteroatoms. The Morgan fingerprint density at radius 2 is 2.00 bits per heavy atom. The summed E-state index contributed by atoms with van der Waals surface area (Å²) >= 11 is 1.65. The number of allylic oxidation sites excluding steroid dienone is 3. The summed E-state index contributed by atoms with van der Waals surface area (Å²) in [5.41, 5.74) is 9.59. The summed E-state index contributed by atoms with van der Waals surface area (Å²) in [6, 6.07) is 8.09. The fourth-order valence-corrected chi connectivity index (χ4v) is 2.82. The van der Waals surface area contributed by atoms with Gasteiger partial charge in [-0.2, -0.15) is 0 Å². The summed E-state index contributed by atoms with van der Waals surface area (Å²) in [4.78, 5) is 4.58. The molecule has 0 unspecified atom stereocenters. The van der Waals surface area contributed by atoms with Gasteiger partial charge < -0.3 is 5.73 Å². The van der Waals surface area contributed by atoms with E-state index in [1.165, 1.54) is 4.70 Å². The summed E-state index contributed by atoms with van der Waals surface area (Å²) < 4.78 is 1.18. The van der Waals surface area contributed by atoms with E-state index in [4.69, 9.17) is 5.73 Å². The van der Waals surface area contributed by atoms with Gasteiger partial charge in [0.2, 0.25) is 0 Å². The number of para-hydroxylation sites is 1. The Balaban J connectivity index is 2.63. The van der Waals surface area contributed by atoms with Gasteiger partial charge >= 0.3 is 0 Å². The molecule has 2 nitrogen and oxygen atoms in total. The predicted octanol–water partition coefficient (Wildman–Crippen LogP) is 3.56. The molecule has 16 heavy (non-hydrogen) atoms. The first-order valence-corrected chi connectivity index (χ1v) is 5.89. The smallest absolute Gasteiger partial charge is 0.126 e. The Kier molecular flexibility index (Phi) is 2.79. The number of hydrogen-bond donors (Lipinski definition) is 1. The zero-order chi connectivity index (χ0) is 11.7. The lowest BCUT2D eigenvalue weighted by molar-refractivity contribution is 1.28. The van der Waals surface area contributed by atoms with Crippen LogP contribution < -0.4 is 5.73 Å². The largest absolute Gasteiger partial charge is 0.402 e. The van der Waals surface area contributed by atoms with E-state index in [9.17, 15) is 0 Å². The molecule has 1 aromatic heterocycles. The molecule has 0 atom stereocenters. The highest BCUT2D eigenvalue weighted by Crippen LogP contribution is 2.31. The van der Waals surface area contributed by atoms with Crippen LogP contribution in [0.15, 0.2) is 42.1 Å². The van der Waals surface area contributed by atoms with Crippen LogP contribution in [-0.2, 0) is 0 Å². The van der Waals surface area contributed by atoms with E-state index >= 15 is 0 Å². The van der Waals surface area contributed by atoms with Crippen molar-refractivity contribution in [3.8, 4) is 0 Å². The van der Waals surface area contributed by atoms with Gasteiger partial charge in [-0.25, -0.2) is 4.98 Å². The van der Waals surface area contributed by atoms with Gasteiger partial charge in [0.05, 0.1) is 10.2 Å². The summed E-state index contributed by atoms with van der Waals surface area (Å²) in [5, 5.41) is 0.953. The monoisotopic (exact) mass is 230 g/mol. The minimum atomic E-state index is 0.770. The molecular formula is C13H14N2S. The van der Waals surface area contributed by atoms with E-state index in [-0.39, 0.29) is 0 Å². The van der Waals surface area contributed by atoms with E-state index < -0.39 is 0 Å². The molecule has 0 spiro atoms. The van der Waals surface area contributed by atoms with Crippen molar-refractivity contribution in [2.45, 2.75) is 13.8 Å². The van der Waals surface area contributed by atoms with Gasteiger partial charge in [-0.1, -0.05) is 18.7 Å². The highest BCUT2D eigenvalue weighted by Gasteiger charge is 2.10. The molecule has 2 rings (SSSR count). The zero-order valence-corrected chi connectivity index (χ0v) is 10.3. The lowest BCUT2D eigenvalue weighted by Crippen LogP contribution is -1.98. The lowest BCUT2D eigenvalue weighted by atomic mass is 10.1. The first-order valence-electron chi connectivity index (χ1n) is 5.08. The topological polar surface area (TPSA) is 38.9 Å². The van der Waals surface area contributed by atoms with Crippen LogP contribution in [-0.4, -0.2) is 4.98 Å². The molecule has 0 bridgehead atoms. The Labute approximate surface area is 99.1 Å². The Morgan fingerprint density at radius 3 is 2.56 bits per heavy atom. The maximum atomic E-state index is 5.88. The molecule has 0 amide bonds. The van der Waals surface area contributed by atoms with Gasteiger partial charge in [-0.05, 0) is 31.6 Å². The van der Waals surface area contributed by atoms with Crippen LogP contribution in [0.1, 0.15) is 18.9 Å². The van der Waals surface area contributed by atoms with Crippen molar-refractivity contribution in [1.82, 2.24) is 4.98 Å². The van der Waals surface area contributed by atoms with Crippen LogP contribution in [0, 0.1) is 0 Å². The average Bonchev–Trinajstić information content (AvgIpc) is 2.58. The molecule has 82 valence electrons. The van der Waals surface area contributed by atoms with Crippen LogP contribution in [0.3, 0.4) is 0 Å². The SMILES string of the molecule is C=C(C)/C(=C(/C)N)c1nc2ccccc2s1. The van der Waals surface area contributed by atoms with Crippen LogP contribution in [0.2, 0.25) is 0 Å². The van der Waals surface area contributed by atoms with E-state index in [0.717, 1.165) is 27.4 Å². The van der Waals surface area contributed by atoms with Gasteiger partial charge in [0.1, 0.15) is 5.01 Å². The van der Waals surface area contributed by atoms with E-state index in [2.05, 4.69) is 17.6 Å². The zero-order valence-electron chi connectivity index (χ0n) is 9.45. The van der Waals surface area contributed by atoms with Crippen molar-refractivity contribution in [2.24, 2.45) is 5.73 Å². The highest BCUT2D eigenvalue weighted by molar-refractivity contribution is 7.19. The van der Waals surface area contributed by atoms with E-state index in [1.54, 1.807) is 11.3 Å². The Morgan fingerprint density at radius 1 is 1.31 bits per heavy atom. The molecule has 2 aromatic rings. The third kappa shape index (κ3) is 1.86. The second-order valence-electron chi connectivity index (χ2n) is 3.83. The number of fused-ring (bicyclic) bond motifs is 1. The number of aromatic nitrogens is 1. The van der Waals surface area contributed by atoms with Crippen LogP contribution in [0.4, 0.5) is 0 Å². The number of hydrogen-bond acceptors (Lipinski definition) is 3. The van der Waals surface area contributed by atoms with Crippen molar-refractivity contribution in [3.05, 3.63) is 47.1 Å². The summed E-state index contributed by atoms with van der Waals surface area (Å²) in [6.07, 6.45) is 0. The van der Waals surface area contributed by atoms with Crippen LogP contribution in [0.25, 0.3) is 15.8 Å². The molecule has 0 fully saturated rings. The second kappa shape index (κ2) is 4.10. The standard InChI is InChI=1S/C13H14N2S/c1-8(2)12(9(3)14)13-15-10-6-4-5-7-11(10)16-13/h4-7H,1,14H2,2-3H3/b12-9+. The van der Waals surface area contributed by atoms with Crippen molar-refractivity contribution in [3.63, 3.8) is 0 Å². The van der Waals surface area contributed by atoms with Crippen molar-refractivity contribution >= 4 is 27.1 Å². The molecule has 0 aliphatic carbocycles. The Bertz CT molecular complexity index is 541. The minimum absolute atomic E-state index is 0.770. The molecule has 2 N–H and O–H groups in total. The van der Waals surface area contributed by atoms with Gasteiger partial charge in [0.15, 0.2) is 0 Å². The summed E-state index contributed by atoms with van der Waals surface area (Å²) in [6.45, 7) is 7.79. The second-order valence-corrected chi connectivity index (χ2v) is 4.86. The summed E-state index contributed by atoms with van der Waals surface area (Å²) in [7, 11) is 0. The maximum absolute atomic E-state index is 5.88. The van der Waals surface area contributed by atoms with Crippen molar-refractivity contribution < 1.29 is 0 Å². The normalized spacial score (nSPS) is 12.6. The molecule has 0 radical (unpaired) electrons. The number of thiazole rings is 1. The lowest BCUT2D eigenvalue weighted by Gasteiger charge is -2.04. The van der Waals surface area contributed by atoms with E-state index in [1.807, 2.05) is 32.0 Å². The highest BCUT2D eigenvalue weighted by atomic mass is 32.1. The fourth-order valence-electron chi connectivity index (χ4n) is 1.67. The Hall–Kier alpha value is -1.61. The number of rotatable bonds is 2. The third-order valence-corrected chi connectivity index (χ3v) is 3.38. The third-order valence-electron chi connectivity index (χ3n) is 2.33. The van der Waals surface area contributed by atoms with Gasteiger partial charge in [-0.3, -0.25) is 0 Å². The number of nitrogens with two attached hydrogens (primary N) is 1. The quantitative estimate of drug-likeness (QED) is 0.801. The maximum Gasteiger partial charge on any atom is 0.126 e. The van der Waals surface area contributed by atoms with Crippen molar-refractivity contribution in [1.29, 1.82) is 0 Å². The molecular weight excluding hydrogens is 216 g/mol. The predicted molar refractivity (Wildman–Crippen MR) is 71.2 cm³/mol. The molecule has 1 heterocycles. The molecule has 0 saturated heterocycles. The minimum Gasteiger partial charge on any atom is -0.402 e.